The molecule has 0 radical (unpaired) electrons. The number of hydrogen-bond donors (Lipinski definition) is 0. The summed E-state index contributed by atoms with van der Waals surface area (Å²) in [5.74, 6) is -3.08. The van der Waals surface area contributed by atoms with Crippen molar-refractivity contribution in [2.24, 2.45) is 0 Å². The van der Waals surface area contributed by atoms with Gasteiger partial charge in [0.05, 0.1) is 14.2 Å². The van der Waals surface area contributed by atoms with Crippen LogP contribution in [0.4, 0.5) is 8.78 Å². The normalized spacial score (nSPS) is 9.67. The minimum Gasteiger partial charge on any atom is -0.489 e. The lowest BCUT2D eigenvalue weighted by Crippen LogP contribution is -2.02. The Bertz CT molecular complexity index is 293. The maximum Gasteiger partial charge on any atom is 0.278 e. The van der Waals surface area contributed by atoms with Crippen LogP contribution in [0.3, 0.4) is 0 Å². The molecular weight excluding hydrogens is 170 g/mol. The molecule has 0 N–H and O–H groups in total. The van der Waals surface area contributed by atoms with Gasteiger partial charge in [-0.15, -0.1) is 10.2 Å². The first-order valence-electron chi connectivity index (χ1n) is 3.00. The van der Waals surface area contributed by atoms with Gasteiger partial charge in [0.1, 0.15) is 0 Å². The molecule has 0 unspecified atom stereocenters. The van der Waals surface area contributed by atoms with E-state index in [2.05, 4.69) is 19.7 Å². The van der Waals surface area contributed by atoms with Crippen LogP contribution >= 0.6 is 0 Å². The second kappa shape index (κ2) is 3.29. The molecule has 1 aromatic heterocycles. The Morgan fingerprint density at radius 2 is 1.75 bits per heavy atom. The highest BCUT2D eigenvalue weighted by atomic mass is 19.1. The van der Waals surface area contributed by atoms with Crippen LogP contribution in [0.15, 0.2) is 0 Å². The van der Waals surface area contributed by atoms with Gasteiger partial charge in [0, 0.05) is 0 Å². The molecule has 66 valence electrons. The van der Waals surface area contributed by atoms with E-state index in [4.69, 9.17) is 0 Å². The maximum atomic E-state index is 12.9. The van der Waals surface area contributed by atoms with Gasteiger partial charge in [-0.25, -0.2) is 0 Å². The number of nitrogens with zero attached hydrogens (tertiary/aromatic N) is 2. The molecule has 12 heavy (non-hydrogen) atoms. The zero-order valence-electron chi connectivity index (χ0n) is 6.47. The lowest BCUT2D eigenvalue weighted by atomic mass is 10.5. The molecule has 1 rings (SSSR count). The molecule has 0 aliphatic rings. The van der Waals surface area contributed by atoms with Crippen molar-refractivity contribution < 1.29 is 18.3 Å². The number of hydrogen-bond acceptors (Lipinski definition) is 4. The van der Waals surface area contributed by atoms with E-state index in [1.807, 2.05) is 0 Å². The zero-order valence-corrected chi connectivity index (χ0v) is 6.47. The van der Waals surface area contributed by atoms with Crippen LogP contribution in [0.25, 0.3) is 0 Å². The van der Waals surface area contributed by atoms with Crippen LogP contribution < -0.4 is 9.47 Å². The van der Waals surface area contributed by atoms with Gasteiger partial charge in [-0.2, -0.15) is 8.78 Å². The van der Waals surface area contributed by atoms with E-state index in [1.165, 1.54) is 7.11 Å². The fourth-order valence-corrected chi connectivity index (χ4v) is 0.671. The molecule has 0 saturated carbocycles. The minimum atomic E-state index is -1.10. The molecule has 0 aliphatic heterocycles. The van der Waals surface area contributed by atoms with E-state index in [-0.39, 0.29) is 0 Å². The summed E-state index contributed by atoms with van der Waals surface area (Å²) in [6, 6.07) is 0. The van der Waals surface area contributed by atoms with Crippen molar-refractivity contribution in [2.75, 3.05) is 14.2 Å². The lowest BCUT2D eigenvalue weighted by molar-refractivity contribution is 0.308. The number of aromatic nitrogens is 2. The van der Waals surface area contributed by atoms with E-state index >= 15 is 0 Å². The third-order valence-electron chi connectivity index (χ3n) is 1.20. The summed E-state index contributed by atoms with van der Waals surface area (Å²) in [7, 11) is 2.33. The Morgan fingerprint density at radius 3 is 2.25 bits per heavy atom. The third kappa shape index (κ3) is 1.27. The number of halogens is 2. The quantitative estimate of drug-likeness (QED) is 0.667. The Kier molecular flexibility index (Phi) is 2.37. The fourth-order valence-electron chi connectivity index (χ4n) is 0.671. The van der Waals surface area contributed by atoms with E-state index in [0.717, 1.165) is 7.11 Å². The molecule has 0 aromatic carbocycles. The molecule has 1 aromatic rings. The summed E-state index contributed by atoms with van der Waals surface area (Å²) in [5, 5.41) is 6.08. The minimum absolute atomic E-state index is 0.395. The van der Waals surface area contributed by atoms with Gasteiger partial charge in [0.15, 0.2) is 0 Å². The predicted octanol–water partition coefficient (Wildman–Crippen LogP) is 0.772. The molecule has 1 heterocycles. The first-order chi connectivity index (χ1) is 5.70. The predicted molar refractivity (Wildman–Crippen MR) is 35.1 cm³/mol. The zero-order chi connectivity index (χ0) is 9.14. The third-order valence-corrected chi connectivity index (χ3v) is 1.20. The van der Waals surface area contributed by atoms with Crippen LogP contribution in [0.1, 0.15) is 0 Å². The lowest BCUT2D eigenvalue weighted by Gasteiger charge is -2.03. The summed E-state index contributed by atoms with van der Waals surface area (Å²) in [4.78, 5) is 0. The van der Waals surface area contributed by atoms with Gasteiger partial charge in [-0.3, -0.25) is 0 Å². The molecule has 4 nitrogen and oxygen atoms in total. The highest BCUT2D eigenvalue weighted by molar-refractivity contribution is 5.27. The van der Waals surface area contributed by atoms with Crippen LogP contribution in [0, 0.1) is 11.8 Å². The summed E-state index contributed by atoms with van der Waals surface area (Å²) in [6.07, 6.45) is 0. The van der Waals surface area contributed by atoms with Crippen LogP contribution in [-0.4, -0.2) is 24.4 Å². The number of methoxy groups -OCH3 is 2. The van der Waals surface area contributed by atoms with E-state index in [1.54, 1.807) is 0 Å². The second-order valence-corrected chi connectivity index (χ2v) is 1.85. The molecular formula is C6H6F2N2O2. The summed E-state index contributed by atoms with van der Waals surface area (Å²) >= 11 is 0. The van der Waals surface area contributed by atoms with Crippen molar-refractivity contribution in [3.05, 3.63) is 11.8 Å². The Hall–Kier alpha value is -1.46. The second-order valence-electron chi connectivity index (χ2n) is 1.85. The largest absolute Gasteiger partial charge is 0.489 e. The van der Waals surface area contributed by atoms with Gasteiger partial charge in [0.25, 0.3) is 11.8 Å². The van der Waals surface area contributed by atoms with E-state index in [9.17, 15) is 8.78 Å². The SMILES string of the molecule is COc1nnc(F)c(OC)c1F. The molecule has 0 spiro atoms. The van der Waals surface area contributed by atoms with Gasteiger partial charge < -0.3 is 9.47 Å². The van der Waals surface area contributed by atoms with E-state index < -0.39 is 23.4 Å². The van der Waals surface area contributed by atoms with E-state index in [0.29, 0.717) is 0 Å². The highest BCUT2D eigenvalue weighted by Crippen LogP contribution is 2.24. The number of rotatable bonds is 2. The number of ether oxygens (including phenoxy) is 2. The topological polar surface area (TPSA) is 44.2 Å². The van der Waals surface area contributed by atoms with Crippen LogP contribution in [0.5, 0.6) is 11.6 Å². The summed E-state index contributed by atoms with van der Waals surface area (Å²) < 4.78 is 34.3. The first kappa shape index (κ1) is 8.63. The first-order valence-corrected chi connectivity index (χ1v) is 3.00. The van der Waals surface area contributed by atoms with Crippen molar-refractivity contribution in [1.82, 2.24) is 10.2 Å². The Balaban J connectivity index is 3.24. The maximum absolute atomic E-state index is 12.9. The van der Waals surface area contributed by atoms with Crippen LogP contribution in [-0.2, 0) is 0 Å². The molecule has 6 heteroatoms. The molecule has 0 saturated heterocycles. The molecule has 0 amide bonds. The van der Waals surface area contributed by atoms with Gasteiger partial charge in [0.2, 0.25) is 11.6 Å². The summed E-state index contributed by atoms with van der Waals surface area (Å²) in [5.41, 5.74) is 0. The van der Waals surface area contributed by atoms with Crippen LogP contribution in [0.2, 0.25) is 0 Å². The van der Waals surface area contributed by atoms with Gasteiger partial charge >= 0.3 is 0 Å². The highest BCUT2D eigenvalue weighted by Gasteiger charge is 2.17. The van der Waals surface area contributed by atoms with Gasteiger partial charge in [-0.1, -0.05) is 0 Å². The average Bonchev–Trinajstić information content (AvgIpc) is 2.06. The van der Waals surface area contributed by atoms with Crippen molar-refractivity contribution in [1.29, 1.82) is 0 Å². The van der Waals surface area contributed by atoms with Crippen molar-refractivity contribution in [3.8, 4) is 11.6 Å². The smallest absolute Gasteiger partial charge is 0.278 e. The van der Waals surface area contributed by atoms with Gasteiger partial charge in [-0.05, 0) is 0 Å². The molecule has 0 bridgehead atoms. The molecule has 0 aliphatic carbocycles. The standard InChI is InChI=1S/C6H6F2N2O2/c1-11-4-3(7)6(12-2)10-9-5(4)8/h1-2H3. The van der Waals surface area contributed by atoms with Crippen molar-refractivity contribution in [2.45, 2.75) is 0 Å². The Labute approximate surface area is 67.1 Å². The average molecular weight is 176 g/mol. The Morgan fingerprint density at radius 1 is 1.08 bits per heavy atom. The fraction of sp³-hybridized carbons (Fsp3) is 0.333. The monoisotopic (exact) mass is 176 g/mol. The summed E-state index contributed by atoms with van der Waals surface area (Å²) in [6.45, 7) is 0. The van der Waals surface area contributed by atoms with Crippen molar-refractivity contribution in [3.63, 3.8) is 0 Å². The molecule has 0 atom stereocenters. The van der Waals surface area contributed by atoms with Crippen molar-refractivity contribution >= 4 is 0 Å². The molecule has 0 fully saturated rings.